The van der Waals surface area contributed by atoms with Crippen LogP contribution in [0.5, 0.6) is 0 Å². The van der Waals surface area contributed by atoms with Gasteiger partial charge in [0.1, 0.15) is 8.83 Å². The van der Waals surface area contributed by atoms with Gasteiger partial charge in [0.2, 0.25) is 0 Å². The molecule has 0 spiro atoms. The Morgan fingerprint density at radius 3 is 2.33 bits per heavy atom. The Labute approximate surface area is 81.5 Å². The molecule has 0 aliphatic carbocycles. The van der Waals surface area contributed by atoms with Gasteiger partial charge in [-0.15, -0.1) is 0 Å². The van der Waals surface area contributed by atoms with Crippen LogP contribution in [-0.2, 0) is 6.42 Å². The van der Waals surface area contributed by atoms with Crippen LogP contribution in [0, 0.1) is 0 Å². The van der Waals surface area contributed by atoms with Gasteiger partial charge in [0, 0.05) is 0 Å². The summed E-state index contributed by atoms with van der Waals surface area (Å²) in [5.41, 5.74) is 1.40. The zero-order valence-corrected chi connectivity index (χ0v) is 9.85. The molecule has 0 atom stereocenters. The molecule has 0 heterocycles. The third kappa shape index (κ3) is 3.00. The lowest BCUT2D eigenvalue weighted by Crippen LogP contribution is -2.11. The normalized spacial score (nSPS) is 12.6. The van der Waals surface area contributed by atoms with E-state index in [-0.39, 0.29) is 0 Å². The molecule has 2 heteroatoms. The highest BCUT2D eigenvalue weighted by Crippen LogP contribution is 2.28. The van der Waals surface area contributed by atoms with Crippen LogP contribution in [0.4, 0.5) is 0 Å². The van der Waals surface area contributed by atoms with Crippen LogP contribution in [0.2, 0.25) is 5.04 Å². The van der Waals surface area contributed by atoms with Crippen LogP contribution in [0.3, 0.4) is 0 Å². The summed E-state index contributed by atoms with van der Waals surface area (Å²) in [4.78, 5) is 0. The van der Waals surface area contributed by atoms with Crippen LogP contribution in [0.1, 0.15) is 19.4 Å². The second-order valence-electron chi connectivity index (χ2n) is 3.96. The Morgan fingerprint density at radius 1 is 1.25 bits per heavy atom. The van der Waals surface area contributed by atoms with E-state index in [2.05, 4.69) is 44.2 Å². The summed E-state index contributed by atoms with van der Waals surface area (Å²) in [6.07, 6.45) is 1.11. The third-order valence-corrected chi connectivity index (χ3v) is 5.03. The van der Waals surface area contributed by atoms with E-state index in [0.29, 0.717) is 5.04 Å². The Hall–Kier alpha value is -0.273. The van der Waals surface area contributed by atoms with Crippen LogP contribution < -0.4 is 0 Å². The van der Waals surface area contributed by atoms with Crippen LogP contribution in [0.25, 0.3) is 0 Å². The molecule has 1 aromatic rings. The van der Waals surface area contributed by atoms with Crippen molar-refractivity contribution in [1.29, 1.82) is 0 Å². The SMILES string of the molecule is CC(C)(Cc1ccccc1)[SiH2]Cl. The summed E-state index contributed by atoms with van der Waals surface area (Å²) in [5.74, 6) is 0. The van der Waals surface area contributed by atoms with E-state index in [0.717, 1.165) is 6.42 Å². The first-order chi connectivity index (χ1) is 5.64. The van der Waals surface area contributed by atoms with Crippen LogP contribution in [-0.4, -0.2) is 8.83 Å². The maximum atomic E-state index is 5.98. The maximum absolute atomic E-state index is 5.98. The van der Waals surface area contributed by atoms with Crippen molar-refractivity contribution in [2.45, 2.75) is 25.3 Å². The highest BCUT2D eigenvalue weighted by molar-refractivity contribution is 6.95. The van der Waals surface area contributed by atoms with Gasteiger partial charge in [-0.1, -0.05) is 44.2 Å². The number of halogens is 1. The predicted octanol–water partition coefficient (Wildman–Crippen LogP) is 2.75. The third-order valence-electron chi connectivity index (χ3n) is 1.89. The molecule has 0 aliphatic rings. The minimum atomic E-state index is -0.430. The van der Waals surface area contributed by atoms with E-state index < -0.39 is 8.83 Å². The second-order valence-corrected chi connectivity index (χ2v) is 6.94. The molecule has 0 aromatic heterocycles. The van der Waals surface area contributed by atoms with Gasteiger partial charge < -0.3 is 0 Å². The first-order valence-electron chi connectivity index (χ1n) is 4.24. The molecule has 12 heavy (non-hydrogen) atoms. The molecule has 0 radical (unpaired) electrons. The van der Waals surface area contributed by atoms with Crippen molar-refractivity contribution < 1.29 is 0 Å². The topological polar surface area (TPSA) is 0 Å². The van der Waals surface area contributed by atoms with Gasteiger partial charge >= 0.3 is 0 Å². The molecule has 0 saturated heterocycles. The van der Waals surface area contributed by atoms with Crippen LogP contribution >= 0.6 is 11.1 Å². The molecule has 0 bridgehead atoms. The smallest absolute Gasteiger partial charge is 0.131 e. The maximum Gasteiger partial charge on any atom is 0.131 e. The molecule has 0 aliphatic heterocycles. The molecule has 0 N–H and O–H groups in total. The summed E-state index contributed by atoms with van der Waals surface area (Å²) in [6, 6.07) is 10.6. The average molecular weight is 199 g/mol. The molecule has 0 amide bonds. The van der Waals surface area contributed by atoms with Crippen molar-refractivity contribution in [3.63, 3.8) is 0 Å². The zero-order chi connectivity index (χ0) is 9.03. The Morgan fingerprint density at radius 2 is 1.83 bits per heavy atom. The first kappa shape index (κ1) is 9.81. The lowest BCUT2D eigenvalue weighted by molar-refractivity contribution is 0.672. The number of rotatable bonds is 3. The zero-order valence-electron chi connectivity index (χ0n) is 7.68. The monoisotopic (exact) mass is 198 g/mol. The van der Waals surface area contributed by atoms with Crippen molar-refractivity contribution in [2.75, 3.05) is 0 Å². The van der Waals surface area contributed by atoms with Gasteiger partial charge in [0.05, 0.1) is 0 Å². The van der Waals surface area contributed by atoms with Crippen molar-refractivity contribution in [3.8, 4) is 0 Å². The summed E-state index contributed by atoms with van der Waals surface area (Å²) in [6.45, 7) is 4.50. The Balaban J connectivity index is 2.64. The molecule has 0 saturated carbocycles. The second kappa shape index (κ2) is 4.10. The van der Waals surface area contributed by atoms with E-state index in [9.17, 15) is 0 Å². The summed E-state index contributed by atoms with van der Waals surface area (Å²) >= 11 is 5.98. The van der Waals surface area contributed by atoms with Gasteiger partial charge in [-0.25, -0.2) is 0 Å². The highest BCUT2D eigenvalue weighted by atomic mass is 35.6. The minimum Gasteiger partial charge on any atom is -0.176 e. The van der Waals surface area contributed by atoms with Gasteiger partial charge in [0.15, 0.2) is 0 Å². The van der Waals surface area contributed by atoms with E-state index >= 15 is 0 Å². The molecule has 0 nitrogen and oxygen atoms in total. The fourth-order valence-corrected chi connectivity index (χ4v) is 1.86. The summed E-state index contributed by atoms with van der Waals surface area (Å²) in [5, 5.41) is 0.350. The lowest BCUT2D eigenvalue weighted by Gasteiger charge is -2.20. The molecular weight excluding hydrogens is 184 g/mol. The Kier molecular flexibility index (Phi) is 3.36. The molecule has 0 fully saturated rings. The van der Waals surface area contributed by atoms with E-state index in [4.69, 9.17) is 11.1 Å². The number of benzene rings is 1. The lowest BCUT2D eigenvalue weighted by atomic mass is 10.0. The average Bonchev–Trinajstić information content (AvgIpc) is 2.06. The molecular formula is C10H15ClSi. The number of hydrogen-bond acceptors (Lipinski definition) is 0. The molecule has 0 unspecified atom stereocenters. The summed E-state index contributed by atoms with van der Waals surface area (Å²) < 4.78 is 0. The standard InChI is InChI=1S/C10H15ClSi/c1-10(2,12-11)8-9-6-4-3-5-7-9/h3-7H,8,12H2,1-2H3. The highest BCUT2D eigenvalue weighted by Gasteiger charge is 2.17. The van der Waals surface area contributed by atoms with Gasteiger partial charge in [-0.05, 0) is 17.0 Å². The fraction of sp³-hybridized carbons (Fsp3) is 0.400. The molecule has 1 aromatic carbocycles. The van der Waals surface area contributed by atoms with Crippen LogP contribution in [0.15, 0.2) is 30.3 Å². The molecule has 66 valence electrons. The van der Waals surface area contributed by atoms with Crippen molar-refractivity contribution in [3.05, 3.63) is 35.9 Å². The van der Waals surface area contributed by atoms with Gasteiger partial charge in [-0.3, -0.25) is 0 Å². The van der Waals surface area contributed by atoms with E-state index in [1.165, 1.54) is 5.56 Å². The Bertz CT molecular complexity index is 231. The van der Waals surface area contributed by atoms with E-state index in [1.54, 1.807) is 0 Å². The quantitative estimate of drug-likeness (QED) is 0.518. The first-order valence-corrected chi connectivity index (χ1v) is 7.08. The van der Waals surface area contributed by atoms with Crippen molar-refractivity contribution >= 4 is 19.9 Å². The predicted molar refractivity (Wildman–Crippen MR) is 58.6 cm³/mol. The van der Waals surface area contributed by atoms with E-state index in [1.807, 2.05) is 0 Å². The largest absolute Gasteiger partial charge is 0.176 e. The van der Waals surface area contributed by atoms with Crippen molar-refractivity contribution in [2.24, 2.45) is 0 Å². The molecule has 1 rings (SSSR count). The van der Waals surface area contributed by atoms with Gasteiger partial charge in [-0.2, -0.15) is 11.1 Å². The van der Waals surface area contributed by atoms with Gasteiger partial charge in [0.25, 0.3) is 0 Å². The minimum absolute atomic E-state index is 0.350. The fourth-order valence-electron chi connectivity index (χ4n) is 1.20. The number of hydrogen-bond donors (Lipinski definition) is 0. The van der Waals surface area contributed by atoms with Crippen molar-refractivity contribution in [1.82, 2.24) is 0 Å². The summed E-state index contributed by atoms with van der Waals surface area (Å²) in [7, 11) is -0.430.